The molecule has 6 heteroatoms. The zero-order chi connectivity index (χ0) is 17.7. The van der Waals surface area contributed by atoms with Crippen molar-refractivity contribution < 1.29 is 4.39 Å². The zero-order valence-electron chi connectivity index (χ0n) is 13.5. The molecule has 0 aliphatic carbocycles. The van der Waals surface area contributed by atoms with E-state index in [1.165, 1.54) is 6.07 Å². The number of nitrogens with one attached hydrogen (secondary N) is 1. The lowest BCUT2D eigenvalue weighted by atomic mass is 10.1. The minimum absolute atomic E-state index is 0.0513. The van der Waals surface area contributed by atoms with E-state index in [9.17, 15) is 4.39 Å². The SMILES string of the molecule is Fc1ccccc1C1=C[C@H](c2ccc(Br)s2)n2c(nc3ccccc32)N1. The number of anilines is 1. The number of hydrogen-bond acceptors (Lipinski definition) is 3. The van der Waals surface area contributed by atoms with Crippen LogP contribution in [-0.2, 0) is 0 Å². The van der Waals surface area contributed by atoms with Crippen LogP contribution in [0.25, 0.3) is 16.7 Å². The summed E-state index contributed by atoms with van der Waals surface area (Å²) < 4.78 is 17.6. The van der Waals surface area contributed by atoms with Crippen LogP contribution in [0.5, 0.6) is 0 Å². The molecule has 128 valence electrons. The topological polar surface area (TPSA) is 29.9 Å². The van der Waals surface area contributed by atoms with E-state index in [2.05, 4.69) is 44.0 Å². The molecule has 1 atom stereocenters. The fraction of sp³-hybridized carbons (Fsp3) is 0.0500. The van der Waals surface area contributed by atoms with Crippen molar-refractivity contribution in [2.24, 2.45) is 0 Å². The number of thiophene rings is 1. The van der Waals surface area contributed by atoms with Crippen LogP contribution in [-0.4, -0.2) is 9.55 Å². The van der Waals surface area contributed by atoms with Crippen LogP contribution in [0.1, 0.15) is 16.5 Å². The van der Waals surface area contributed by atoms with Crippen molar-refractivity contribution in [1.29, 1.82) is 0 Å². The van der Waals surface area contributed by atoms with Crippen molar-refractivity contribution in [3.63, 3.8) is 0 Å². The molecule has 26 heavy (non-hydrogen) atoms. The van der Waals surface area contributed by atoms with E-state index in [1.54, 1.807) is 23.5 Å². The molecule has 0 unspecified atom stereocenters. The molecule has 1 N–H and O–H groups in total. The van der Waals surface area contributed by atoms with Crippen molar-refractivity contribution in [3.05, 3.63) is 86.8 Å². The van der Waals surface area contributed by atoms with Crippen LogP contribution in [0, 0.1) is 5.82 Å². The van der Waals surface area contributed by atoms with Gasteiger partial charge in [-0.2, -0.15) is 0 Å². The van der Waals surface area contributed by atoms with Gasteiger partial charge in [-0.05, 0) is 58.4 Å². The molecule has 0 bridgehead atoms. The Hall–Kier alpha value is -2.44. The van der Waals surface area contributed by atoms with Crippen LogP contribution in [0.4, 0.5) is 10.3 Å². The summed E-state index contributed by atoms with van der Waals surface area (Å²) in [7, 11) is 0. The largest absolute Gasteiger partial charge is 0.325 e. The summed E-state index contributed by atoms with van der Waals surface area (Å²) in [5.74, 6) is 0.475. The van der Waals surface area contributed by atoms with Crippen molar-refractivity contribution in [3.8, 4) is 0 Å². The minimum atomic E-state index is -0.248. The number of rotatable bonds is 2. The standard InChI is InChI=1S/C20H13BrFN3S/c21-19-10-9-18(26-19)17-11-15(12-5-1-2-6-13(12)22)24-20-23-14-7-3-4-8-16(14)25(17)20/h1-11,17H,(H,23,24)/t17-/m1/s1. The lowest BCUT2D eigenvalue weighted by Crippen LogP contribution is -2.18. The van der Waals surface area contributed by atoms with Gasteiger partial charge in [-0.1, -0.05) is 24.3 Å². The zero-order valence-corrected chi connectivity index (χ0v) is 15.9. The molecular formula is C20H13BrFN3S. The Labute approximate surface area is 161 Å². The van der Waals surface area contributed by atoms with Gasteiger partial charge in [0.25, 0.3) is 0 Å². The molecule has 2 aromatic heterocycles. The first kappa shape index (κ1) is 15.8. The first-order valence-corrected chi connectivity index (χ1v) is 9.77. The number of nitrogens with zero attached hydrogens (tertiary/aromatic N) is 2. The van der Waals surface area contributed by atoms with Crippen LogP contribution in [0.15, 0.2) is 70.5 Å². The summed E-state index contributed by atoms with van der Waals surface area (Å²) in [6, 6.07) is 18.9. The average Bonchev–Trinajstić information content (AvgIpc) is 3.24. The third-order valence-corrected chi connectivity index (χ3v) is 6.19. The number of halogens is 2. The van der Waals surface area contributed by atoms with Crippen molar-refractivity contribution in [2.45, 2.75) is 6.04 Å². The maximum atomic E-state index is 14.4. The first-order chi connectivity index (χ1) is 12.7. The number of para-hydroxylation sites is 2. The molecule has 4 aromatic rings. The Morgan fingerprint density at radius 3 is 2.65 bits per heavy atom. The molecule has 1 aliphatic rings. The lowest BCUT2D eigenvalue weighted by Gasteiger charge is -2.25. The Balaban J connectivity index is 1.74. The molecule has 3 nitrogen and oxygen atoms in total. The van der Waals surface area contributed by atoms with Gasteiger partial charge < -0.3 is 5.32 Å². The molecule has 1 aliphatic heterocycles. The van der Waals surface area contributed by atoms with Gasteiger partial charge in [0.2, 0.25) is 5.95 Å². The predicted octanol–water partition coefficient (Wildman–Crippen LogP) is 6.06. The number of hydrogen-bond donors (Lipinski definition) is 1. The highest BCUT2D eigenvalue weighted by molar-refractivity contribution is 9.11. The molecule has 0 saturated heterocycles. The highest BCUT2D eigenvalue weighted by atomic mass is 79.9. The van der Waals surface area contributed by atoms with E-state index in [0.717, 1.165) is 31.3 Å². The van der Waals surface area contributed by atoms with E-state index < -0.39 is 0 Å². The maximum absolute atomic E-state index is 14.4. The normalized spacial score (nSPS) is 16.2. The van der Waals surface area contributed by atoms with Crippen molar-refractivity contribution in [1.82, 2.24) is 9.55 Å². The highest BCUT2D eigenvalue weighted by Crippen LogP contribution is 2.40. The second kappa shape index (κ2) is 6.07. The fourth-order valence-electron chi connectivity index (χ4n) is 3.34. The molecule has 0 spiro atoms. The van der Waals surface area contributed by atoms with Gasteiger partial charge >= 0.3 is 0 Å². The van der Waals surface area contributed by atoms with Gasteiger partial charge in [0.05, 0.1) is 20.9 Å². The van der Waals surface area contributed by atoms with Crippen LogP contribution in [0.3, 0.4) is 0 Å². The second-order valence-electron chi connectivity index (χ2n) is 6.07. The van der Waals surface area contributed by atoms with Crippen molar-refractivity contribution in [2.75, 3.05) is 5.32 Å². The van der Waals surface area contributed by atoms with E-state index in [-0.39, 0.29) is 11.9 Å². The molecular weight excluding hydrogens is 413 g/mol. The number of allylic oxidation sites excluding steroid dienone is 1. The first-order valence-electron chi connectivity index (χ1n) is 8.16. The summed E-state index contributed by atoms with van der Waals surface area (Å²) in [6.07, 6.45) is 2.07. The summed E-state index contributed by atoms with van der Waals surface area (Å²) in [5, 5.41) is 3.32. The number of imidazole rings is 1. The molecule has 2 aromatic carbocycles. The van der Waals surface area contributed by atoms with Gasteiger partial charge in [-0.15, -0.1) is 11.3 Å². The molecule has 0 fully saturated rings. The summed E-state index contributed by atoms with van der Waals surface area (Å²) in [6.45, 7) is 0. The smallest absolute Gasteiger partial charge is 0.209 e. The van der Waals surface area contributed by atoms with Crippen molar-refractivity contribution >= 4 is 49.9 Å². The van der Waals surface area contributed by atoms with Crippen LogP contribution < -0.4 is 5.32 Å². The Kier molecular flexibility index (Phi) is 3.69. The minimum Gasteiger partial charge on any atom is -0.325 e. The summed E-state index contributed by atoms with van der Waals surface area (Å²) in [4.78, 5) is 5.89. The molecule has 0 amide bonds. The predicted molar refractivity (Wildman–Crippen MR) is 108 cm³/mol. The summed E-state index contributed by atoms with van der Waals surface area (Å²) in [5.41, 5.74) is 3.25. The van der Waals surface area contributed by atoms with Crippen LogP contribution in [0.2, 0.25) is 0 Å². The third kappa shape index (κ3) is 2.48. The van der Waals surface area contributed by atoms with Gasteiger partial charge in [-0.25, -0.2) is 9.37 Å². The quantitative estimate of drug-likeness (QED) is 0.423. The van der Waals surface area contributed by atoms with Gasteiger partial charge in [0, 0.05) is 16.1 Å². The van der Waals surface area contributed by atoms with E-state index in [4.69, 9.17) is 4.98 Å². The van der Waals surface area contributed by atoms with E-state index in [1.807, 2.05) is 30.3 Å². The second-order valence-corrected chi connectivity index (χ2v) is 8.56. The Bertz CT molecular complexity index is 1160. The fourth-order valence-corrected chi connectivity index (χ4v) is 4.83. The third-order valence-electron chi connectivity index (χ3n) is 4.49. The summed E-state index contributed by atoms with van der Waals surface area (Å²) >= 11 is 5.22. The highest BCUT2D eigenvalue weighted by Gasteiger charge is 2.27. The number of aromatic nitrogens is 2. The Morgan fingerprint density at radius 2 is 1.85 bits per heavy atom. The van der Waals surface area contributed by atoms with Crippen LogP contribution >= 0.6 is 27.3 Å². The lowest BCUT2D eigenvalue weighted by molar-refractivity contribution is 0.623. The molecule has 3 heterocycles. The van der Waals surface area contributed by atoms with Gasteiger partial charge in [0.1, 0.15) is 5.82 Å². The number of fused-ring (bicyclic) bond motifs is 3. The van der Waals surface area contributed by atoms with Gasteiger partial charge in [0.15, 0.2) is 0 Å². The van der Waals surface area contributed by atoms with E-state index >= 15 is 0 Å². The monoisotopic (exact) mass is 425 g/mol. The molecule has 5 rings (SSSR count). The maximum Gasteiger partial charge on any atom is 0.209 e. The molecule has 0 saturated carbocycles. The molecule has 0 radical (unpaired) electrons. The van der Waals surface area contributed by atoms with Gasteiger partial charge in [-0.3, -0.25) is 4.57 Å². The Morgan fingerprint density at radius 1 is 1.04 bits per heavy atom. The average molecular weight is 426 g/mol. The number of benzene rings is 2. The van der Waals surface area contributed by atoms with E-state index in [0.29, 0.717) is 5.56 Å².